The first-order chi connectivity index (χ1) is 14.7. The van der Waals surface area contributed by atoms with Gasteiger partial charge in [-0.05, 0) is 24.6 Å². The van der Waals surface area contributed by atoms with Crippen LogP contribution in [0.25, 0.3) is 0 Å². The summed E-state index contributed by atoms with van der Waals surface area (Å²) in [7, 11) is 2.84. The summed E-state index contributed by atoms with van der Waals surface area (Å²) >= 11 is 0. The van der Waals surface area contributed by atoms with Crippen molar-refractivity contribution in [2.45, 2.75) is 6.92 Å². The maximum Gasteiger partial charge on any atom is 0.313 e. The maximum absolute atomic E-state index is 14.3. The van der Waals surface area contributed by atoms with Crippen molar-refractivity contribution < 1.29 is 23.6 Å². The number of aryl methyl sites for hydroxylation is 2. The van der Waals surface area contributed by atoms with Crippen molar-refractivity contribution in [1.29, 1.82) is 0 Å². The summed E-state index contributed by atoms with van der Waals surface area (Å²) in [6, 6.07) is 6.23. The predicted octanol–water partition coefficient (Wildman–Crippen LogP) is 3.29. The number of amides is 2. The Morgan fingerprint density at radius 2 is 1.87 bits per heavy atom. The van der Waals surface area contributed by atoms with Gasteiger partial charge in [-0.2, -0.15) is 0 Å². The Morgan fingerprint density at radius 3 is 2.48 bits per heavy atom. The van der Waals surface area contributed by atoms with Gasteiger partial charge >= 0.3 is 5.69 Å². The van der Waals surface area contributed by atoms with Crippen LogP contribution < -0.4 is 15.4 Å². The van der Waals surface area contributed by atoms with Crippen LogP contribution in [0, 0.1) is 22.9 Å². The molecule has 2 amide bonds. The zero-order valence-corrected chi connectivity index (χ0v) is 16.8. The molecule has 0 aliphatic rings. The topological polar surface area (TPSA) is 128 Å². The molecule has 2 N–H and O–H groups in total. The fourth-order valence-corrected chi connectivity index (χ4v) is 2.80. The molecule has 11 heteroatoms. The van der Waals surface area contributed by atoms with Gasteiger partial charge in [0.15, 0.2) is 11.6 Å². The van der Waals surface area contributed by atoms with E-state index in [1.54, 1.807) is 24.6 Å². The van der Waals surface area contributed by atoms with Gasteiger partial charge in [-0.1, -0.05) is 6.07 Å². The summed E-state index contributed by atoms with van der Waals surface area (Å²) in [6.07, 6.45) is 2.88. The fourth-order valence-electron chi connectivity index (χ4n) is 2.80. The second kappa shape index (κ2) is 8.61. The van der Waals surface area contributed by atoms with E-state index >= 15 is 0 Å². The van der Waals surface area contributed by atoms with Crippen molar-refractivity contribution in [3.63, 3.8) is 0 Å². The molecule has 0 bridgehead atoms. The number of nitrogens with zero attached hydrogens (tertiary/aromatic N) is 3. The average Bonchev–Trinajstić information content (AvgIpc) is 3.16. The maximum atomic E-state index is 14.3. The molecular formula is C20H18FN5O5. The van der Waals surface area contributed by atoms with Gasteiger partial charge in [0.05, 0.1) is 30.2 Å². The quantitative estimate of drug-likeness (QED) is 0.459. The number of methoxy groups -OCH3 is 1. The molecule has 0 aliphatic heterocycles. The standard InChI is InChI=1S/C20H18FN5O5/c1-11-4-5-12(6-14(11)23-20(28)17-9-22-10-25(17)2)19(27)24-15-8-16(26(29)30)18(31-3)7-13(15)21/h4-10H,1-3H3,(H,23,28)(H,24,27). The number of rotatable bonds is 6. The Bertz CT molecular complexity index is 1190. The molecule has 1 aromatic heterocycles. The Morgan fingerprint density at radius 1 is 1.16 bits per heavy atom. The number of carbonyl (C=O) groups is 2. The predicted molar refractivity (Wildman–Crippen MR) is 110 cm³/mol. The van der Waals surface area contributed by atoms with Crippen LogP contribution in [0.5, 0.6) is 5.75 Å². The van der Waals surface area contributed by atoms with Crippen LogP contribution in [-0.4, -0.2) is 33.4 Å². The highest BCUT2D eigenvalue weighted by molar-refractivity contribution is 6.07. The number of imidazole rings is 1. The summed E-state index contributed by atoms with van der Waals surface area (Å²) in [6.45, 7) is 1.74. The monoisotopic (exact) mass is 427 g/mol. The largest absolute Gasteiger partial charge is 0.490 e. The van der Waals surface area contributed by atoms with E-state index < -0.39 is 28.2 Å². The number of benzene rings is 2. The smallest absolute Gasteiger partial charge is 0.313 e. The van der Waals surface area contributed by atoms with Gasteiger partial charge in [-0.3, -0.25) is 19.7 Å². The van der Waals surface area contributed by atoms with E-state index in [4.69, 9.17) is 4.74 Å². The minimum Gasteiger partial charge on any atom is -0.490 e. The van der Waals surface area contributed by atoms with E-state index in [2.05, 4.69) is 15.6 Å². The van der Waals surface area contributed by atoms with Crippen LogP contribution in [0.1, 0.15) is 26.4 Å². The Labute approximate surface area is 175 Å². The molecule has 160 valence electrons. The van der Waals surface area contributed by atoms with Gasteiger partial charge in [0.2, 0.25) is 0 Å². The van der Waals surface area contributed by atoms with Crippen LogP contribution >= 0.6 is 0 Å². The van der Waals surface area contributed by atoms with E-state index in [1.165, 1.54) is 31.8 Å². The van der Waals surface area contributed by atoms with Gasteiger partial charge in [0.1, 0.15) is 5.69 Å². The number of aromatic nitrogens is 2. The molecule has 1 heterocycles. The van der Waals surface area contributed by atoms with Crippen molar-refractivity contribution >= 4 is 28.9 Å². The van der Waals surface area contributed by atoms with Gasteiger partial charge in [0.25, 0.3) is 11.8 Å². The number of nitrogens with one attached hydrogen (secondary N) is 2. The molecule has 0 saturated heterocycles. The minimum atomic E-state index is -0.896. The van der Waals surface area contributed by atoms with Crippen LogP contribution in [0.15, 0.2) is 42.9 Å². The van der Waals surface area contributed by atoms with Crippen LogP contribution in [0.4, 0.5) is 21.5 Å². The number of anilines is 2. The van der Waals surface area contributed by atoms with E-state index in [-0.39, 0.29) is 17.0 Å². The SMILES string of the molecule is COc1cc(F)c(NC(=O)c2ccc(C)c(NC(=O)c3cncn3C)c2)cc1[N+](=O)[O-]. The summed E-state index contributed by atoms with van der Waals surface area (Å²) in [5.41, 5.74) is 0.634. The molecule has 0 aliphatic carbocycles. The molecule has 3 aromatic rings. The lowest BCUT2D eigenvalue weighted by Crippen LogP contribution is -2.17. The van der Waals surface area contributed by atoms with Crippen molar-refractivity contribution in [3.05, 3.63) is 75.6 Å². The summed E-state index contributed by atoms with van der Waals surface area (Å²) in [5.74, 6) is -2.30. The molecule has 2 aromatic carbocycles. The third-order valence-electron chi connectivity index (χ3n) is 4.51. The van der Waals surface area contributed by atoms with Crippen molar-refractivity contribution in [2.75, 3.05) is 17.7 Å². The normalized spacial score (nSPS) is 10.5. The van der Waals surface area contributed by atoms with E-state index in [1.807, 2.05) is 0 Å². The fraction of sp³-hybridized carbons (Fsp3) is 0.150. The number of nitro groups is 1. The van der Waals surface area contributed by atoms with Crippen LogP contribution in [0.3, 0.4) is 0 Å². The lowest BCUT2D eigenvalue weighted by atomic mass is 10.1. The van der Waals surface area contributed by atoms with Gasteiger partial charge in [-0.15, -0.1) is 0 Å². The third-order valence-corrected chi connectivity index (χ3v) is 4.51. The highest BCUT2D eigenvalue weighted by Crippen LogP contribution is 2.32. The van der Waals surface area contributed by atoms with Crippen molar-refractivity contribution in [2.24, 2.45) is 7.05 Å². The molecular weight excluding hydrogens is 409 g/mol. The number of ether oxygens (including phenoxy) is 1. The lowest BCUT2D eigenvalue weighted by Gasteiger charge is -2.12. The van der Waals surface area contributed by atoms with Crippen LogP contribution in [0.2, 0.25) is 0 Å². The molecule has 0 radical (unpaired) electrons. The zero-order valence-electron chi connectivity index (χ0n) is 16.8. The molecule has 0 atom stereocenters. The Hall–Kier alpha value is -4.28. The molecule has 0 fully saturated rings. The second-order valence-electron chi connectivity index (χ2n) is 6.59. The van der Waals surface area contributed by atoms with E-state index in [0.29, 0.717) is 16.9 Å². The molecule has 0 spiro atoms. The van der Waals surface area contributed by atoms with Crippen molar-refractivity contribution in [1.82, 2.24) is 9.55 Å². The minimum absolute atomic E-state index is 0.115. The average molecular weight is 427 g/mol. The summed E-state index contributed by atoms with van der Waals surface area (Å²) in [4.78, 5) is 39.3. The number of hydrogen-bond acceptors (Lipinski definition) is 6. The lowest BCUT2D eigenvalue weighted by molar-refractivity contribution is -0.385. The zero-order chi connectivity index (χ0) is 22.7. The van der Waals surface area contributed by atoms with Crippen molar-refractivity contribution in [3.8, 4) is 5.75 Å². The van der Waals surface area contributed by atoms with E-state index in [9.17, 15) is 24.1 Å². The van der Waals surface area contributed by atoms with E-state index in [0.717, 1.165) is 12.1 Å². The molecule has 0 saturated carbocycles. The molecule has 10 nitrogen and oxygen atoms in total. The first kappa shape index (κ1) is 21.4. The van der Waals surface area contributed by atoms with Gasteiger partial charge in [-0.25, -0.2) is 9.37 Å². The first-order valence-electron chi connectivity index (χ1n) is 8.93. The van der Waals surface area contributed by atoms with Gasteiger partial charge < -0.3 is 19.9 Å². The molecule has 31 heavy (non-hydrogen) atoms. The highest BCUT2D eigenvalue weighted by atomic mass is 19.1. The number of halogens is 1. The third kappa shape index (κ3) is 4.50. The molecule has 0 unspecified atom stereocenters. The first-order valence-corrected chi connectivity index (χ1v) is 8.93. The van der Waals surface area contributed by atoms with Gasteiger partial charge in [0, 0.05) is 30.4 Å². The number of hydrogen-bond donors (Lipinski definition) is 2. The highest BCUT2D eigenvalue weighted by Gasteiger charge is 2.21. The Kier molecular flexibility index (Phi) is 5.95. The number of carbonyl (C=O) groups excluding carboxylic acids is 2. The summed E-state index contributed by atoms with van der Waals surface area (Å²) < 4.78 is 20.6. The van der Waals surface area contributed by atoms with Crippen LogP contribution in [-0.2, 0) is 7.05 Å². The Balaban J connectivity index is 1.85. The molecule has 3 rings (SSSR count). The second-order valence-corrected chi connectivity index (χ2v) is 6.59. The number of nitro benzene ring substituents is 1. The summed E-state index contributed by atoms with van der Waals surface area (Å²) in [5, 5.41) is 16.2.